The van der Waals surface area contributed by atoms with E-state index in [0.717, 1.165) is 56.2 Å². The number of esters is 1. The number of aryl methyl sites for hydroxylation is 1. The van der Waals surface area contributed by atoms with Gasteiger partial charge in [-0.15, -0.1) is 0 Å². The standard InChI is InChI=1S/C30H42N4O5/c1-4-34(25-11-8-10-22(2)20-25)27(35)21-33-19-9-12-26(33)30(38)32-24-16-14-23(15-17-24)29(37)31-18-7-5-6-13-28(36)39-3/h8-12,19-20,23-24H,4-7,13-18,21H2,1-3H3,(H,31,37)(H,32,38). The Morgan fingerprint density at radius 1 is 1.03 bits per heavy atom. The Hall–Kier alpha value is -3.62. The van der Waals surface area contributed by atoms with Gasteiger partial charge < -0.3 is 24.8 Å². The summed E-state index contributed by atoms with van der Waals surface area (Å²) in [5.41, 5.74) is 2.38. The van der Waals surface area contributed by atoms with Crippen LogP contribution >= 0.6 is 0 Å². The summed E-state index contributed by atoms with van der Waals surface area (Å²) in [5.74, 6) is -0.467. The number of anilines is 1. The predicted octanol–water partition coefficient (Wildman–Crippen LogP) is 3.99. The van der Waals surface area contributed by atoms with Gasteiger partial charge in [-0.3, -0.25) is 19.2 Å². The van der Waals surface area contributed by atoms with E-state index in [9.17, 15) is 19.2 Å². The van der Waals surface area contributed by atoms with Crippen LogP contribution in [0.2, 0.25) is 0 Å². The molecule has 1 fully saturated rings. The lowest BCUT2D eigenvalue weighted by Gasteiger charge is -2.28. The maximum Gasteiger partial charge on any atom is 0.305 e. The second kappa shape index (κ2) is 15.1. The summed E-state index contributed by atoms with van der Waals surface area (Å²) in [7, 11) is 1.39. The first-order chi connectivity index (χ1) is 18.8. The van der Waals surface area contributed by atoms with Crippen LogP contribution in [0.25, 0.3) is 0 Å². The molecule has 1 saturated carbocycles. The number of aromatic nitrogens is 1. The van der Waals surface area contributed by atoms with Crippen molar-refractivity contribution in [1.82, 2.24) is 15.2 Å². The zero-order valence-electron chi connectivity index (χ0n) is 23.4. The summed E-state index contributed by atoms with van der Waals surface area (Å²) in [6.45, 7) is 5.15. The number of rotatable bonds is 13. The fourth-order valence-corrected chi connectivity index (χ4v) is 5.08. The molecule has 1 aromatic carbocycles. The first-order valence-corrected chi connectivity index (χ1v) is 14.0. The number of methoxy groups -OCH3 is 1. The Morgan fingerprint density at radius 3 is 2.49 bits per heavy atom. The van der Waals surface area contributed by atoms with Gasteiger partial charge in [-0.25, -0.2) is 0 Å². The second-order valence-corrected chi connectivity index (χ2v) is 10.2. The smallest absolute Gasteiger partial charge is 0.305 e. The number of unbranched alkanes of at least 4 members (excludes halogenated alkanes) is 2. The highest BCUT2D eigenvalue weighted by Crippen LogP contribution is 2.25. The molecule has 39 heavy (non-hydrogen) atoms. The molecular weight excluding hydrogens is 496 g/mol. The van der Waals surface area contributed by atoms with E-state index in [-0.39, 0.29) is 42.2 Å². The molecule has 0 radical (unpaired) electrons. The van der Waals surface area contributed by atoms with Crippen molar-refractivity contribution in [2.45, 2.75) is 77.8 Å². The van der Waals surface area contributed by atoms with Crippen LogP contribution in [-0.2, 0) is 25.7 Å². The molecule has 0 saturated heterocycles. The van der Waals surface area contributed by atoms with Crippen LogP contribution in [0.15, 0.2) is 42.6 Å². The van der Waals surface area contributed by atoms with E-state index in [1.807, 2.05) is 38.1 Å². The number of ether oxygens (including phenoxy) is 1. The lowest BCUT2D eigenvalue weighted by atomic mass is 9.85. The Bertz CT molecular complexity index is 1120. The van der Waals surface area contributed by atoms with Gasteiger partial charge in [0.2, 0.25) is 11.8 Å². The molecule has 0 atom stereocenters. The Kier molecular flexibility index (Phi) is 11.6. The molecule has 3 rings (SSSR count). The molecule has 0 bridgehead atoms. The molecule has 1 aromatic heterocycles. The number of amides is 3. The highest BCUT2D eigenvalue weighted by atomic mass is 16.5. The molecule has 9 nitrogen and oxygen atoms in total. The van der Waals surface area contributed by atoms with Crippen molar-refractivity contribution < 1.29 is 23.9 Å². The normalized spacial score (nSPS) is 16.8. The number of benzene rings is 1. The van der Waals surface area contributed by atoms with Crippen LogP contribution < -0.4 is 15.5 Å². The van der Waals surface area contributed by atoms with Crippen molar-refractivity contribution >= 4 is 29.4 Å². The number of hydrogen-bond acceptors (Lipinski definition) is 5. The van der Waals surface area contributed by atoms with Gasteiger partial charge in [0.05, 0.1) is 7.11 Å². The number of carbonyl (C=O) groups excluding carboxylic acids is 4. The van der Waals surface area contributed by atoms with Crippen LogP contribution in [0, 0.1) is 12.8 Å². The molecule has 1 aliphatic carbocycles. The topological polar surface area (TPSA) is 110 Å². The highest BCUT2D eigenvalue weighted by molar-refractivity contribution is 5.96. The average molecular weight is 539 g/mol. The van der Waals surface area contributed by atoms with Crippen LogP contribution in [0.1, 0.15) is 74.3 Å². The molecule has 0 spiro atoms. The van der Waals surface area contributed by atoms with E-state index in [0.29, 0.717) is 25.2 Å². The van der Waals surface area contributed by atoms with Gasteiger partial charge in [0.25, 0.3) is 5.91 Å². The van der Waals surface area contributed by atoms with E-state index in [2.05, 4.69) is 15.4 Å². The number of nitrogens with zero attached hydrogens (tertiary/aromatic N) is 2. The quantitative estimate of drug-likeness (QED) is 0.296. The van der Waals surface area contributed by atoms with E-state index in [1.165, 1.54) is 7.11 Å². The van der Waals surface area contributed by atoms with Crippen molar-refractivity contribution in [3.63, 3.8) is 0 Å². The number of nitrogens with one attached hydrogen (secondary N) is 2. The molecule has 1 aliphatic rings. The maximum atomic E-state index is 13.1. The summed E-state index contributed by atoms with van der Waals surface area (Å²) in [5, 5.41) is 6.11. The van der Waals surface area contributed by atoms with Gasteiger partial charge in [0.15, 0.2) is 0 Å². The third kappa shape index (κ3) is 8.97. The molecule has 0 unspecified atom stereocenters. The molecule has 0 aliphatic heterocycles. The lowest BCUT2D eigenvalue weighted by molar-refractivity contribution is -0.140. The predicted molar refractivity (Wildman–Crippen MR) is 150 cm³/mol. The summed E-state index contributed by atoms with van der Waals surface area (Å²) in [6, 6.07) is 11.3. The summed E-state index contributed by atoms with van der Waals surface area (Å²) >= 11 is 0. The lowest BCUT2D eigenvalue weighted by Crippen LogP contribution is -2.42. The zero-order chi connectivity index (χ0) is 28.2. The minimum Gasteiger partial charge on any atom is -0.469 e. The van der Waals surface area contributed by atoms with Gasteiger partial charge >= 0.3 is 5.97 Å². The minimum absolute atomic E-state index is 0.00152. The Morgan fingerprint density at radius 2 is 1.79 bits per heavy atom. The van der Waals surface area contributed by atoms with Crippen molar-refractivity contribution in [3.8, 4) is 0 Å². The largest absolute Gasteiger partial charge is 0.469 e. The van der Waals surface area contributed by atoms with Gasteiger partial charge in [-0.1, -0.05) is 18.6 Å². The monoisotopic (exact) mass is 538 g/mol. The zero-order valence-corrected chi connectivity index (χ0v) is 23.4. The summed E-state index contributed by atoms with van der Waals surface area (Å²) in [6.07, 6.45) is 7.54. The fraction of sp³-hybridized carbons (Fsp3) is 0.533. The van der Waals surface area contributed by atoms with Crippen molar-refractivity contribution in [2.24, 2.45) is 5.92 Å². The van der Waals surface area contributed by atoms with Gasteiger partial charge in [-0.2, -0.15) is 0 Å². The Balaban J connectivity index is 1.43. The van der Waals surface area contributed by atoms with E-state index in [1.54, 1.807) is 27.8 Å². The minimum atomic E-state index is -0.203. The van der Waals surface area contributed by atoms with Gasteiger partial charge in [0, 0.05) is 43.4 Å². The van der Waals surface area contributed by atoms with Crippen LogP contribution in [0.4, 0.5) is 5.69 Å². The molecule has 212 valence electrons. The maximum absolute atomic E-state index is 13.1. The van der Waals surface area contributed by atoms with E-state index < -0.39 is 0 Å². The third-order valence-electron chi connectivity index (χ3n) is 7.32. The molecule has 2 N–H and O–H groups in total. The van der Waals surface area contributed by atoms with Crippen LogP contribution in [-0.4, -0.2) is 54.5 Å². The van der Waals surface area contributed by atoms with Gasteiger partial charge in [-0.05, 0) is 82.2 Å². The van der Waals surface area contributed by atoms with E-state index >= 15 is 0 Å². The molecular formula is C30H42N4O5. The fourth-order valence-electron chi connectivity index (χ4n) is 5.08. The van der Waals surface area contributed by atoms with Crippen molar-refractivity contribution in [1.29, 1.82) is 0 Å². The molecule has 2 aromatic rings. The van der Waals surface area contributed by atoms with E-state index in [4.69, 9.17) is 0 Å². The first kappa shape index (κ1) is 29.9. The third-order valence-corrected chi connectivity index (χ3v) is 7.32. The highest BCUT2D eigenvalue weighted by Gasteiger charge is 2.28. The SMILES string of the molecule is CCN(C(=O)Cn1cccc1C(=O)NC1CCC(C(=O)NCCCCCC(=O)OC)CC1)c1cccc(C)c1. The van der Waals surface area contributed by atoms with Crippen molar-refractivity contribution in [2.75, 3.05) is 25.1 Å². The summed E-state index contributed by atoms with van der Waals surface area (Å²) < 4.78 is 6.32. The summed E-state index contributed by atoms with van der Waals surface area (Å²) in [4.78, 5) is 51.6. The van der Waals surface area contributed by atoms with Crippen LogP contribution in [0.5, 0.6) is 0 Å². The van der Waals surface area contributed by atoms with Crippen LogP contribution in [0.3, 0.4) is 0 Å². The number of hydrogen-bond donors (Lipinski definition) is 2. The van der Waals surface area contributed by atoms with Gasteiger partial charge in [0.1, 0.15) is 12.2 Å². The number of carbonyl (C=O) groups is 4. The number of likely N-dealkylation sites (N-methyl/N-ethyl adjacent to an activating group) is 1. The average Bonchev–Trinajstić information content (AvgIpc) is 3.39. The molecule has 9 heteroatoms. The first-order valence-electron chi connectivity index (χ1n) is 14.0. The van der Waals surface area contributed by atoms with Crippen molar-refractivity contribution in [3.05, 3.63) is 53.9 Å². The molecule has 1 heterocycles. The Labute approximate surface area is 231 Å². The second-order valence-electron chi connectivity index (χ2n) is 10.2. The molecule has 3 amide bonds.